The first-order valence-electron chi connectivity index (χ1n) is 4.45. The van der Waals surface area contributed by atoms with Crippen LogP contribution in [-0.2, 0) is 4.79 Å². The predicted molar refractivity (Wildman–Crippen MR) is 52.9 cm³/mol. The number of nitrogens with two attached hydrogens (primary N) is 1. The largest absolute Gasteiger partial charge is 0.468 e. The highest BCUT2D eigenvalue weighted by molar-refractivity contribution is 5.94. The van der Waals surface area contributed by atoms with E-state index in [2.05, 4.69) is 5.32 Å². The summed E-state index contributed by atoms with van der Waals surface area (Å²) in [5.74, 6) is 0.253. The third-order valence-corrected chi connectivity index (χ3v) is 1.80. The predicted octanol–water partition coefficient (Wildman–Crippen LogP) is 0.125. The Balaban J connectivity index is 2.31. The number of rotatable bonds is 4. The molecule has 0 aromatic carbocycles. The molecule has 1 aromatic rings. The number of amides is 3. The molecule has 0 aliphatic heterocycles. The SMILES string of the molecule is C[C@H](NCC(=O)NC(N)=O)c1ccco1. The number of carbonyl (C=O) groups excluding carboxylic acids is 2. The van der Waals surface area contributed by atoms with Crippen molar-refractivity contribution in [1.29, 1.82) is 0 Å². The quantitative estimate of drug-likeness (QED) is 0.659. The van der Waals surface area contributed by atoms with E-state index < -0.39 is 11.9 Å². The van der Waals surface area contributed by atoms with E-state index in [-0.39, 0.29) is 12.6 Å². The van der Waals surface area contributed by atoms with Gasteiger partial charge in [0.25, 0.3) is 0 Å². The van der Waals surface area contributed by atoms with Crippen molar-refractivity contribution in [2.45, 2.75) is 13.0 Å². The minimum absolute atomic E-state index is 0.00477. The van der Waals surface area contributed by atoms with Crippen LogP contribution in [0.4, 0.5) is 4.79 Å². The monoisotopic (exact) mass is 211 g/mol. The van der Waals surface area contributed by atoms with E-state index in [1.807, 2.05) is 12.2 Å². The zero-order chi connectivity index (χ0) is 11.3. The van der Waals surface area contributed by atoms with E-state index in [4.69, 9.17) is 10.2 Å². The minimum Gasteiger partial charge on any atom is -0.468 e. The molecule has 6 nitrogen and oxygen atoms in total. The molecule has 0 spiro atoms. The van der Waals surface area contributed by atoms with Crippen molar-refractivity contribution < 1.29 is 14.0 Å². The van der Waals surface area contributed by atoms with Gasteiger partial charge in [0.1, 0.15) is 5.76 Å². The molecule has 0 unspecified atom stereocenters. The lowest BCUT2D eigenvalue weighted by atomic mass is 10.2. The first kappa shape index (κ1) is 11.3. The molecule has 0 aliphatic carbocycles. The second-order valence-electron chi connectivity index (χ2n) is 3.03. The fourth-order valence-corrected chi connectivity index (χ4v) is 1.07. The highest BCUT2D eigenvalue weighted by Crippen LogP contribution is 2.11. The van der Waals surface area contributed by atoms with E-state index in [0.717, 1.165) is 5.76 Å². The maximum absolute atomic E-state index is 11.0. The molecule has 1 atom stereocenters. The second-order valence-corrected chi connectivity index (χ2v) is 3.03. The van der Waals surface area contributed by atoms with Crippen LogP contribution in [0.5, 0.6) is 0 Å². The number of carbonyl (C=O) groups is 2. The van der Waals surface area contributed by atoms with Crippen LogP contribution >= 0.6 is 0 Å². The molecule has 0 saturated heterocycles. The molecule has 1 aromatic heterocycles. The first-order chi connectivity index (χ1) is 7.09. The summed E-state index contributed by atoms with van der Waals surface area (Å²) < 4.78 is 5.12. The Hall–Kier alpha value is -1.82. The fourth-order valence-electron chi connectivity index (χ4n) is 1.07. The van der Waals surface area contributed by atoms with Gasteiger partial charge in [0.05, 0.1) is 18.8 Å². The topological polar surface area (TPSA) is 97.4 Å². The maximum atomic E-state index is 11.0. The van der Waals surface area contributed by atoms with Gasteiger partial charge in [0, 0.05) is 0 Å². The average molecular weight is 211 g/mol. The lowest BCUT2D eigenvalue weighted by Crippen LogP contribution is -2.41. The van der Waals surface area contributed by atoms with Crippen LogP contribution in [0.2, 0.25) is 0 Å². The summed E-state index contributed by atoms with van der Waals surface area (Å²) in [5, 5.41) is 4.83. The van der Waals surface area contributed by atoms with Crippen molar-refractivity contribution in [3.05, 3.63) is 24.2 Å². The van der Waals surface area contributed by atoms with Gasteiger partial charge >= 0.3 is 6.03 Å². The molecule has 0 bridgehead atoms. The summed E-state index contributed by atoms with van der Waals surface area (Å²) in [7, 11) is 0. The van der Waals surface area contributed by atoms with Crippen LogP contribution in [0.1, 0.15) is 18.7 Å². The van der Waals surface area contributed by atoms with Crippen molar-refractivity contribution in [3.8, 4) is 0 Å². The third-order valence-electron chi connectivity index (χ3n) is 1.80. The van der Waals surface area contributed by atoms with Crippen LogP contribution in [0, 0.1) is 0 Å². The van der Waals surface area contributed by atoms with Crippen LogP contribution in [-0.4, -0.2) is 18.5 Å². The summed E-state index contributed by atoms with van der Waals surface area (Å²) in [5.41, 5.74) is 4.78. The van der Waals surface area contributed by atoms with Crippen LogP contribution in [0.3, 0.4) is 0 Å². The zero-order valence-electron chi connectivity index (χ0n) is 8.32. The van der Waals surface area contributed by atoms with Gasteiger partial charge in [-0.1, -0.05) is 0 Å². The number of imide groups is 1. The number of primary amides is 1. The molecule has 82 valence electrons. The molecular weight excluding hydrogens is 198 g/mol. The number of nitrogens with one attached hydrogen (secondary N) is 2. The molecule has 15 heavy (non-hydrogen) atoms. The molecule has 1 heterocycles. The Morgan fingerprint density at radius 3 is 2.87 bits per heavy atom. The van der Waals surface area contributed by atoms with E-state index in [1.165, 1.54) is 0 Å². The van der Waals surface area contributed by atoms with Gasteiger partial charge in [0.15, 0.2) is 0 Å². The number of hydrogen-bond acceptors (Lipinski definition) is 4. The van der Waals surface area contributed by atoms with Crippen molar-refractivity contribution in [3.63, 3.8) is 0 Å². The Morgan fingerprint density at radius 1 is 1.60 bits per heavy atom. The molecular formula is C9H13N3O3. The van der Waals surface area contributed by atoms with Gasteiger partial charge < -0.3 is 10.2 Å². The van der Waals surface area contributed by atoms with Crippen molar-refractivity contribution in [1.82, 2.24) is 10.6 Å². The second kappa shape index (κ2) is 5.16. The summed E-state index contributed by atoms with van der Waals surface area (Å²) in [4.78, 5) is 21.3. The van der Waals surface area contributed by atoms with Crippen molar-refractivity contribution >= 4 is 11.9 Å². The Kier molecular flexibility index (Phi) is 3.87. The smallest absolute Gasteiger partial charge is 0.318 e. The standard InChI is InChI=1S/C9H13N3O3/c1-6(7-3-2-4-15-7)11-5-8(13)12-9(10)14/h2-4,6,11H,5H2,1H3,(H3,10,12,13,14)/t6-/m0/s1. The Bertz CT molecular complexity index is 334. The summed E-state index contributed by atoms with van der Waals surface area (Å²) in [6.07, 6.45) is 1.55. The molecule has 3 amide bonds. The summed E-state index contributed by atoms with van der Waals surface area (Å²) in [6, 6.07) is 2.60. The number of furan rings is 1. The van der Waals surface area contributed by atoms with Crippen LogP contribution in [0.15, 0.2) is 22.8 Å². The van der Waals surface area contributed by atoms with Gasteiger partial charge in [0.2, 0.25) is 5.91 Å². The van der Waals surface area contributed by atoms with E-state index in [1.54, 1.807) is 18.4 Å². The van der Waals surface area contributed by atoms with Gasteiger partial charge in [-0.2, -0.15) is 0 Å². The Labute approximate surface area is 86.8 Å². The summed E-state index contributed by atoms with van der Waals surface area (Å²) >= 11 is 0. The van der Waals surface area contributed by atoms with Gasteiger partial charge in [-0.15, -0.1) is 0 Å². The molecule has 0 fully saturated rings. The lowest BCUT2D eigenvalue weighted by molar-refractivity contribution is -0.119. The third kappa shape index (κ3) is 3.82. The molecule has 4 N–H and O–H groups in total. The zero-order valence-corrected chi connectivity index (χ0v) is 8.32. The van der Waals surface area contributed by atoms with E-state index >= 15 is 0 Å². The van der Waals surface area contributed by atoms with E-state index in [0.29, 0.717) is 0 Å². The Morgan fingerprint density at radius 2 is 2.33 bits per heavy atom. The molecule has 6 heteroatoms. The highest BCUT2D eigenvalue weighted by Gasteiger charge is 2.10. The molecule has 0 aliphatic rings. The minimum atomic E-state index is -0.854. The average Bonchev–Trinajstić information content (AvgIpc) is 2.65. The highest BCUT2D eigenvalue weighted by atomic mass is 16.3. The van der Waals surface area contributed by atoms with E-state index in [9.17, 15) is 9.59 Å². The van der Waals surface area contributed by atoms with Gasteiger partial charge in [-0.3, -0.25) is 15.4 Å². The molecule has 0 radical (unpaired) electrons. The molecule has 0 saturated carbocycles. The fraction of sp³-hybridized carbons (Fsp3) is 0.333. The van der Waals surface area contributed by atoms with Gasteiger partial charge in [-0.25, -0.2) is 4.79 Å². The first-order valence-corrected chi connectivity index (χ1v) is 4.45. The lowest BCUT2D eigenvalue weighted by Gasteiger charge is -2.09. The van der Waals surface area contributed by atoms with Crippen LogP contribution < -0.4 is 16.4 Å². The maximum Gasteiger partial charge on any atom is 0.318 e. The molecule has 1 rings (SSSR count). The van der Waals surface area contributed by atoms with Crippen molar-refractivity contribution in [2.75, 3.05) is 6.54 Å². The normalized spacial score (nSPS) is 12.1. The van der Waals surface area contributed by atoms with Crippen molar-refractivity contribution in [2.24, 2.45) is 5.73 Å². The summed E-state index contributed by atoms with van der Waals surface area (Å²) in [6.45, 7) is 1.85. The number of urea groups is 1. The van der Waals surface area contributed by atoms with Crippen LogP contribution in [0.25, 0.3) is 0 Å². The number of hydrogen-bond donors (Lipinski definition) is 3. The van der Waals surface area contributed by atoms with Gasteiger partial charge in [-0.05, 0) is 19.1 Å².